The molecule has 16 aromatic rings. The summed E-state index contributed by atoms with van der Waals surface area (Å²) in [5.74, 6) is 0. The number of hydrogen-bond donors (Lipinski definition) is 0. The molecule has 0 spiro atoms. The van der Waals surface area contributed by atoms with E-state index in [2.05, 4.69) is 330 Å². The van der Waals surface area contributed by atoms with Gasteiger partial charge in [0.15, 0.2) is 11.2 Å². The molecule has 17 rings (SSSR count). The van der Waals surface area contributed by atoms with Crippen LogP contribution in [0.25, 0.3) is 98.8 Å². The van der Waals surface area contributed by atoms with E-state index in [9.17, 15) is 0 Å². The van der Waals surface area contributed by atoms with Gasteiger partial charge in [-0.2, -0.15) is 0 Å². The summed E-state index contributed by atoms with van der Waals surface area (Å²) >= 11 is 0. The van der Waals surface area contributed by atoms with Crippen molar-refractivity contribution in [3.8, 4) is 33.4 Å². The molecule has 1 aliphatic carbocycles. The summed E-state index contributed by atoms with van der Waals surface area (Å²) in [5, 5.41) is 8.88. The third-order valence-corrected chi connectivity index (χ3v) is 20.0. The number of furan rings is 2. The van der Waals surface area contributed by atoms with Gasteiger partial charge in [-0.15, -0.1) is 0 Å². The zero-order chi connectivity index (χ0) is 61.2. The Hall–Kier alpha value is -11.2. The maximum absolute atomic E-state index is 7.41. The third kappa shape index (κ3) is 8.15. The van der Waals surface area contributed by atoms with Crippen LogP contribution in [0.5, 0.6) is 0 Å². The first-order valence-corrected chi connectivity index (χ1v) is 31.6. The van der Waals surface area contributed by atoms with Crippen molar-refractivity contribution in [3.05, 3.63) is 335 Å². The summed E-state index contributed by atoms with van der Waals surface area (Å²) in [5.41, 5.74) is 27.7. The fourth-order valence-electron chi connectivity index (χ4n) is 15.3. The third-order valence-electron chi connectivity index (χ3n) is 20.0. The molecule has 0 N–H and O–H groups in total. The Morgan fingerprint density at radius 3 is 0.945 bits per heavy atom. The summed E-state index contributed by atoms with van der Waals surface area (Å²) in [4.78, 5) is 5.01. The lowest BCUT2D eigenvalue weighted by Gasteiger charge is -2.36. The highest BCUT2D eigenvalue weighted by atomic mass is 16.3. The van der Waals surface area contributed by atoms with Gasteiger partial charge in [-0.1, -0.05) is 231 Å². The minimum absolute atomic E-state index is 0.829. The summed E-state index contributed by atoms with van der Waals surface area (Å²) in [7, 11) is 0. The molecule has 1 aliphatic rings. The van der Waals surface area contributed by atoms with E-state index in [4.69, 9.17) is 8.83 Å². The molecule has 434 valence electrons. The SMILES string of the molecule is Cc1cc(N(c2cc3c(c4ccccc24)-c2c(cc(N(c4cc(C)c(C)c(C)c4)c4cccc5c4oc4c(-c6ccccc6)cccc45)c4ccccc24)C3(c2ccccc2)c2ccccc2)c2cccc3c2oc2c(-c4ccccc4)cccc23)cc(C)c1C. The van der Waals surface area contributed by atoms with Crippen LogP contribution in [0.3, 0.4) is 0 Å². The topological polar surface area (TPSA) is 32.8 Å². The minimum atomic E-state index is -0.869. The predicted molar refractivity (Wildman–Crippen MR) is 382 cm³/mol. The predicted octanol–water partition coefficient (Wildman–Crippen LogP) is 24.3. The Kier molecular flexibility index (Phi) is 12.4. The maximum Gasteiger partial charge on any atom is 0.159 e. The number of aryl methyl sites for hydroxylation is 4. The van der Waals surface area contributed by atoms with Gasteiger partial charge < -0.3 is 18.6 Å². The second-order valence-corrected chi connectivity index (χ2v) is 24.9. The lowest BCUT2D eigenvalue weighted by molar-refractivity contribution is 0.670. The molecule has 0 saturated heterocycles. The number of anilines is 6. The summed E-state index contributed by atoms with van der Waals surface area (Å²) in [6, 6.07) is 103. The average molecular weight is 1170 g/mol. The van der Waals surface area contributed by atoms with Crippen LogP contribution in [-0.4, -0.2) is 0 Å². The van der Waals surface area contributed by atoms with Gasteiger partial charge in [0.05, 0.1) is 28.2 Å². The van der Waals surface area contributed by atoms with Crippen molar-refractivity contribution in [2.24, 2.45) is 0 Å². The van der Waals surface area contributed by atoms with Crippen LogP contribution >= 0.6 is 0 Å². The van der Waals surface area contributed by atoms with E-state index in [1.165, 1.54) is 77.5 Å². The maximum atomic E-state index is 7.41. The fourth-order valence-corrected chi connectivity index (χ4v) is 15.3. The van der Waals surface area contributed by atoms with Gasteiger partial charge in [0, 0.05) is 54.8 Å². The highest BCUT2D eigenvalue weighted by Crippen LogP contribution is 2.63. The molecule has 0 unspecified atom stereocenters. The molecule has 0 aliphatic heterocycles. The van der Waals surface area contributed by atoms with Crippen LogP contribution in [-0.2, 0) is 5.41 Å². The summed E-state index contributed by atoms with van der Waals surface area (Å²) in [6.45, 7) is 13.4. The molecule has 0 fully saturated rings. The van der Waals surface area contributed by atoms with Gasteiger partial charge in [0.2, 0.25) is 0 Å². The Bertz CT molecular complexity index is 5210. The molecule has 14 aromatic carbocycles. The molecular weight excluding hydrogens is 1100 g/mol. The van der Waals surface area contributed by atoms with Crippen LogP contribution in [0.4, 0.5) is 34.1 Å². The van der Waals surface area contributed by atoms with E-state index >= 15 is 0 Å². The fraction of sp³-hybridized carbons (Fsp3) is 0.0805. The number of hydrogen-bond acceptors (Lipinski definition) is 4. The van der Waals surface area contributed by atoms with E-state index in [1.807, 2.05) is 0 Å². The second-order valence-electron chi connectivity index (χ2n) is 24.9. The van der Waals surface area contributed by atoms with Crippen molar-refractivity contribution in [1.82, 2.24) is 0 Å². The number of rotatable bonds is 10. The van der Waals surface area contributed by atoms with Crippen LogP contribution in [0.15, 0.2) is 288 Å². The Morgan fingerprint density at radius 2 is 0.571 bits per heavy atom. The smallest absolute Gasteiger partial charge is 0.159 e. The number of benzene rings is 14. The van der Waals surface area contributed by atoms with Crippen molar-refractivity contribution in [2.45, 2.75) is 47.0 Å². The summed E-state index contributed by atoms with van der Waals surface area (Å²) < 4.78 is 14.8. The van der Waals surface area contributed by atoms with Crippen molar-refractivity contribution in [2.75, 3.05) is 9.80 Å². The Morgan fingerprint density at radius 1 is 0.264 bits per heavy atom. The molecular formula is C87H64N2O2. The average Bonchev–Trinajstić information content (AvgIpc) is 1.52. The standard InChI is InChI=1S/C87H64N2O2/c1-53-47-63(48-54(2)57(53)5)88(77-45-25-43-73-71-41-23-39-65(83(71)90-85(73)77)59-27-11-7-12-28-59)79-51-75-81(69-37-21-19-35-67(69)79)82-70-38-22-20-36-68(70)80(52-76(82)87(75,61-31-15-9-16-32-61)62-33-17-10-18-34-62)89(64-49-55(3)58(6)56(4)50-64)78-46-26-44-74-72-42-24-40-66(84(72)91-86(74)78)60-29-13-8-14-30-60/h7-52H,1-6H3. The Labute approximate surface area is 530 Å². The van der Waals surface area contributed by atoms with Gasteiger partial charge in [-0.25, -0.2) is 0 Å². The van der Waals surface area contributed by atoms with Crippen molar-refractivity contribution >= 4 is 99.5 Å². The lowest BCUT2D eigenvalue weighted by Crippen LogP contribution is -2.29. The first kappa shape index (κ1) is 54.0. The highest BCUT2D eigenvalue weighted by Gasteiger charge is 2.49. The monoisotopic (exact) mass is 1170 g/mol. The van der Waals surface area contributed by atoms with Gasteiger partial charge in [0.1, 0.15) is 11.2 Å². The van der Waals surface area contributed by atoms with Crippen LogP contribution in [0.1, 0.15) is 55.6 Å². The van der Waals surface area contributed by atoms with Gasteiger partial charge in [-0.3, -0.25) is 0 Å². The normalized spacial score (nSPS) is 12.6. The molecule has 0 amide bonds. The van der Waals surface area contributed by atoms with Crippen LogP contribution < -0.4 is 9.80 Å². The first-order valence-electron chi connectivity index (χ1n) is 31.6. The van der Waals surface area contributed by atoms with Gasteiger partial charge in [0.25, 0.3) is 0 Å². The van der Waals surface area contributed by atoms with E-state index < -0.39 is 5.41 Å². The summed E-state index contributed by atoms with van der Waals surface area (Å²) in [6.07, 6.45) is 0. The molecule has 0 bridgehead atoms. The van der Waals surface area contributed by atoms with Crippen LogP contribution in [0, 0.1) is 41.5 Å². The zero-order valence-corrected chi connectivity index (χ0v) is 51.8. The largest absolute Gasteiger partial charge is 0.453 e. The molecule has 4 nitrogen and oxygen atoms in total. The molecule has 91 heavy (non-hydrogen) atoms. The van der Waals surface area contributed by atoms with E-state index in [0.717, 1.165) is 111 Å². The highest BCUT2D eigenvalue weighted by molar-refractivity contribution is 6.21. The Balaban J connectivity index is 1.00. The molecule has 2 heterocycles. The van der Waals surface area contributed by atoms with E-state index in [-0.39, 0.29) is 0 Å². The number of fused-ring (bicyclic) bond motifs is 13. The molecule has 0 atom stereocenters. The number of nitrogens with zero attached hydrogens (tertiary/aromatic N) is 2. The van der Waals surface area contributed by atoms with Crippen LogP contribution in [0.2, 0.25) is 0 Å². The number of para-hydroxylation sites is 4. The lowest BCUT2D eigenvalue weighted by atomic mass is 9.67. The zero-order valence-electron chi connectivity index (χ0n) is 51.8. The quantitative estimate of drug-likeness (QED) is 0.137. The second kappa shape index (κ2) is 21.0. The van der Waals surface area contributed by atoms with Crippen molar-refractivity contribution in [1.29, 1.82) is 0 Å². The van der Waals surface area contributed by atoms with Crippen molar-refractivity contribution in [3.63, 3.8) is 0 Å². The van der Waals surface area contributed by atoms with Crippen molar-refractivity contribution < 1.29 is 8.83 Å². The first-order chi connectivity index (χ1) is 44.6. The molecule has 0 saturated carbocycles. The molecule has 0 radical (unpaired) electrons. The molecule has 4 heteroatoms. The van der Waals surface area contributed by atoms with Gasteiger partial charge in [-0.05, 0) is 179 Å². The minimum Gasteiger partial charge on any atom is -0.453 e. The van der Waals surface area contributed by atoms with E-state index in [1.54, 1.807) is 0 Å². The van der Waals surface area contributed by atoms with Gasteiger partial charge >= 0.3 is 0 Å². The molecule has 2 aromatic heterocycles. The van der Waals surface area contributed by atoms with E-state index in [0.29, 0.717) is 0 Å².